The number of rotatable bonds is 0. The van der Waals surface area contributed by atoms with Gasteiger partial charge in [0.1, 0.15) is 0 Å². The summed E-state index contributed by atoms with van der Waals surface area (Å²) in [6.45, 7) is 2.41. The van der Waals surface area contributed by atoms with Crippen molar-refractivity contribution in [3.63, 3.8) is 0 Å². The van der Waals surface area contributed by atoms with Crippen LogP contribution in [0.25, 0.3) is 0 Å². The molecule has 0 aromatic carbocycles. The highest BCUT2D eigenvalue weighted by atomic mass is 16.3. The van der Waals surface area contributed by atoms with Crippen molar-refractivity contribution in [2.75, 3.05) is 13.1 Å². The molecule has 2 aliphatic rings. The number of nitrogens with zero attached hydrogens (tertiary/aromatic N) is 1. The predicted octanol–water partition coefficient (Wildman–Crippen LogP) is 0.996. The largest absolute Gasteiger partial charge is 0.393 e. The first kappa shape index (κ1) is 7.56. The van der Waals surface area contributed by atoms with Gasteiger partial charge in [0.15, 0.2) is 0 Å². The topological polar surface area (TPSA) is 23.5 Å². The van der Waals surface area contributed by atoms with Crippen molar-refractivity contribution in [1.29, 1.82) is 0 Å². The van der Waals surface area contributed by atoms with E-state index in [0.717, 1.165) is 19.4 Å². The van der Waals surface area contributed by atoms with Gasteiger partial charge in [-0.2, -0.15) is 0 Å². The average Bonchev–Trinajstić information content (AvgIpc) is 2.04. The van der Waals surface area contributed by atoms with E-state index in [2.05, 4.69) is 4.90 Å². The Morgan fingerprint density at radius 3 is 2.91 bits per heavy atom. The van der Waals surface area contributed by atoms with E-state index in [9.17, 15) is 5.11 Å². The number of aliphatic hydroxyl groups excluding tert-OH is 1. The van der Waals surface area contributed by atoms with Crippen molar-refractivity contribution in [3.05, 3.63) is 0 Å². The monoisotopic (exact) mass is 155 g/mol. The van der Waals surface area contributed by atoms with E-state index >= 15 is 0 Å². The molecule has 0 aromatic heterocycles. The third-order valence-electron chi connectivity index (χ3n) is 3.04. The highest BCUT2D eigenvalue weighted by Crippen LogP contribution is 2.25. The fraction of sp³-hybridized carbons (Fsp3) is 1.00. The lowest BCUT2D eigenvalue weighted by Gasteiger charge is -2.40. The Morgan fingerprint density at radius 1 is 1.09 bits per heavy atom. The summed E-state index contributed by atoms with van der Waals surface area (Å²) in [6, 6.07) is 0.715. The summed E-state index contributed by atoms with van der Waals surface area (Å²) >= 11 is 0. The molecule has 0 bridgehead atoms. The Balaban J connectivity index is 1.93. The van der Waals surface area contributed by atoms with Crippen molar-refractivity contribution in [2.24, 2.45) is 0 Å². The molecule has 2 aliphatic heterocycles. The molecule has 0 aliphatic carbocycles. The van der Waals surface area contributed by atoms with E-state index in [4.69, 9.17) is 0 Å². The smallest absolute Gasteiger partial charge is 0.0567 e. The molecule has 1 N–H and O–H groups in total. The lowest BCUT2D eigenvalue weighted by atomic mass is 9.92. The van der Waals surface area contributed by atoms with E-state index in [1.165, 1.54) is 25.8 Å². The number of aliphatic hydroxyl groups is 1. The second-order valence-electron chi connectivity index (χ2n) is 3.86. The molecule has 0 aromatic rings. The van der Waals surface area contributed by atoms with Crippen LogP contribution in [0.1, 0.15) is 32.1 Å². The molecule has 0 saturated carbocycles. The van der Waals surface area contributed by atoms with E-state index in [1.807, 2.05) is 0 Å². The lowest BCUT2D eigenvalue weighted by molar-refractivity contribution is 0.0236. The van der Waals surface area contributed by atoms with Crippen LogP contribution in [0.15, 0.2) is 0 Å². The standard InChI is InChI=1S/C9H17NO/c11-9-4-6-10-5-2-1-3-8(10)7-9/h8-9,11H,1-7H2/t8-,9+/m0/s1. The van der Waals surface area contributed by atoms with Crippen LogP contribution in [0.2, 0.25) is 0 Å². The molecule has 2 heteroatoms. The summed E-state index contributed by atoms with van der Waals surface area (Å²) < 4.78 is 0. The summed E-state index contributed by atoms with van der Waals surface area (Å²) in [5.41, 5.74) is 0. The van der Waals surface area contributed by atoms with Crippen molar-refractivity contribution in [2.45, 2.75) is 44.2 Å². The first-order chi connectivity index (χ1) is 5.36. The molecular weight excluding hydrogens is 138 g/mol. The molecule has 0 radical (unpaired) electrons. The molecule has 2 fully saturated rings. The first-order valence-corrected chi connectivity index (χ1v) is 4.78. The van der Waals surface area contributed by atoms with Gasteiger partial charge in [-0.1, -0.05) is 6.42 Å². The zero-order valence-electron chi connectivity index (χ0n) is 7.00. The summed E-state index contributed by atoms with van der Waals surface area (Å²) in [6.07, 6.45) is 6.07. The lowest BCUT2D eigenvalue weighted by Crippen LogP contribution is -2.46. The van der Waals surface area contributed by atoms with Gasteiger partial charge >= 0.3 is 0 Å². The summed E-state index contributed by atoms with van der Waals surface area (Å²) in [7, 11) is 0. The Kier molecular flexibility index (Phi) is 2.14. The Morgan fingerprint density at radius 2 is 2.00 bits per heavy atom. The van der Waals surface area contributed by atoms with Crippen molar-refractivity contribution in [3.8, 4) is 0 Å². The number of piperidine rings is 2. The first-order valence-electron chi connectivity index (χ1n) is 4.78. The molecule has 2 rings (SSSR count). The molecule has 2 nitrogen and oxygen atoms in total. The van der Waals surface area contributed by atoms with Crippen LogP contribution in [0.3, 0.4) is 0 Å². The van der Waals surface area contributed by atoms with Gasteiger partial charge in [0.05, 0.1) is 6.10 Å². The summed E-state index contributed by atoms with van der Waals surface area (Å²) in [4.78, 5) is 2.55. The van der Waals surface area contributed by atoms with Crippen LogP contribution in [-0.4, -0.2) is 35.2 Å². The van der Waals surface area contributed by atoms with Gasteiger partial charge in [-0.25, -0.2) is 0 Å². The molecule has 2 heterocycles. The molecule has 11 heavy (non-hydrogen) atoms. The number of hydrogen-bond acceptors (Lipinski definition) is 2. The normalized spacial score (nSPS) is 40.1. The van der Waals surface area contributed by atoms with Gasteiger partial charge < -0.3 is 10.0 Å². The minimum atomic E-state index is -0.00523. The van der Waals surface area contributed by atoms with Gasteiger partial charge in [-0.3, -0.25) is 0 Å². The van der Waals surface area contributed by atoms with E-state index in [0.29, 0.717) is 6.04 Å². The van der Waals surface area contributed by atoms with Crippen LogP contribution in [-0.2, 0) is 0 Å². The second kappa shape index (κ2) is 3.11. The zero-order chi connectivity index (χ0) is 7.68. The van der Waals surface area contributed by atoms with Crippen LogP contribution in [0.5, 0.6) is 0 Å². The maximum atomic E-state index is 9.42. The molecule has 0 amide bonds. The SMILES string of the molecule is O[C@@H]1CCN2CCCC[C@H]2C1. The van der Waals surface area contributed by atoms with Crippen LogP contribution in [0.4, 0.5) is 0 Å². The number of fused-ring (bicyclic) bond motifs is 1. The maximum absolute atomic E-state index is 9.42. The molecule has 2 saturated heterocycles. The molecule has 64 valence electrons. The molecule has 2 atom stereocenters. The van der Waals surface area contributed by atoms with E-state index < -0.39 is 0 Å². The average molecular weight is 155 g/mol. The van der Waals surface area contributed by atoms with Crippen molar-refractivity contribution >= 4 is 0 Å². The minimum Gasteiger partial charge on any atom is -0.393 e. The Labute approximate surface area is 68.2 Å². The highest BCUT2D eigenvalue weighted by molar-refractivity contribution is 4.84. The molecular formula is C9H17NO. The van der Waals surface area contributed by atoms with Gasteiger partial charge in [-0.05, 0) is 32.2 Å². The summed E-state index contributed by atoms with van der Waals surface area (Å²) in [5.74, 6) is 0. The minimum absolute atomic E-state index is 0.00523. The van der Waals surface area contributed by atoms with Crippen LogP contribution >= 0.6 is 0 Å². The van der Waals surface area contributed by atoms with Gasteiger partial charge in [0, 0.05) is 12.6 Å². The highest BCUT2D eigenvalue weighted by Gasteiger charge is 2.28. The van der Waals surface area contributed by atoms with Gasteiger partial charge in [-0.15, -0.1) is 0 Å². The van der Waals surface area contributed by atoms with Crippen molar-refractivity contribution in [1.82, 2.24) is 4.90 Å². The van der Waals surface area contributed by atoms with E-state index in [-0.39, 0.29) is 6.10 Å². The quantitative estimate of drug-likeness (QED) is 0.564. The Hall–Kier alpha value is -0.0800. The van der Waals surface area contributed by atoms with Crippen molar-refractivity contribution < 1.29 is 5.11 Å². The second-order valence-corrected chi connectivity index (χ2v) is 3.86. The van der Waals surface area contributed by atoms with Gasteiger partial charge in [0.2, 0.25) is 0 Å². The predicted molar refractivity (Wildman–Crippen MR) is 44.5 cm³/mol. The van der Waals surface area contributed by atoms with E-state index in [1.54, 1.807) is 0 Å². The third-order valence-corrected chi connectivity index (χ3v) is 3.04. The zero-order valence-corrected chi connectivity index (χ0v) is 7.00. The molecule has 0 unspecified atom stereocenters. The molecule has 0 spiro atoms. The third kappa shape index (κ3) is 1.57. The van der Waals surface area contributed by atoms with Crippen LogP contribution < -0.4 is 0 Å². The summed E-state index contributed by atoms with van der Waals surface area (Å²) in [5, 5.41) is 9.42. The van der Waals surface area contributed by atoms with Crippen LogP contribution in [0, 0.1) is 0 Å². The fourth-order valence-electron chi connectivity index (χ4n) is 2.37. The Bertz CT molecular complexity index is 138. The maximum Gasteiger partial charge on any atom is 0.0567 e. The number of hydrogen-bond donors (Lipinski definition) is 1. The fourth-order valence-corrected chi connectivity index (χ4v) is 2.37. The van der Waals surface area contributed by atoms with Gasteiger partial charge in [0.25, 0.3) is 0 Å².